The fourth-order valence-electron chi connectivity index (χ4n) is 4.09. The van der Waals surface area contributed by atoms with E-state index in [0.717, 1.165) is 35.8 Å². The summed E-state index contributed by atoms with van der Waals surface area (Å²) in [6.45, 7) is 3.58. The van der Waals surface area contributed by atoms with E-state index in [1.165, 1.54) is 12.8 Å². The van der Waals surface area contributed by atoms with E-state index in [1.54, 1.807) is 7.11 Å². The highest BCUT2D eigenvalue weighted by Crippen LogP contribution is 2.33. The lowest BCUT2D eigenvalue weighted by Gasteiger charge is -2.29. The highest BCUT2D eigenvalue weighted by atomic mass is 16.5. The van der Waals surface area contributed by atoms with Crippen molar-refractivity contribution in [3.8, 4) is 5.75 Å². The molecule has 6 nitrogen and oxygen atoms in total. The van der Waals surface area contributed by atoms with Crippen molar-refractivity contribution in [1.29, 1.82) is 0 Å². The molecule has 1 saturated heterocycles. The molecule has 1 amide bonds. The molecule has 144 valence electrons. The molecule has 0 saturated carbocycles. The van der Waals surface area contributed by atoms with Gasteiger partial charge in [0.15, 0.2) is 0 Å². The second-order valence-electron chi connectivity index (χ2n) is 7.23. The van der Waals surface area contributed by atoms with Crippen molar-refractivity contribution in [2.24, 2.45) is 0 Å². The summed E-state index contributed by atoms with van der Waals surface area (Å²) in [5.74, 6) is 2.12. The van der Waals surface area contributed by atoms with Crippen molar-refractivity contribution in [1.82, 2.24) is 14.5 Å². The molecule has 2 aliphatic heterocycles. The fraction of sp³-hybridized carbons (Fsp3) is 0.524. The quantitative estimate of drug-likeness (QED) is 0.813. The average Bonchev–Trinajstić information content (AvgIpc) is 3.16. The first-order valence-corrected chi connectivity index (χ1v) is 9.80. The number of fused-ring (bicyclic) bond motifs is 1. The van der Waals surface area contributed by atoms with Gasteiger partial charge in [-0.2, -0.15) is 0 Å². The summed E-state index contributed by atoms with van der Waals surface area (Å²) in [6.07, 6.45) is 5.78. The van der Waals surface area contributed by atoms with Gasteiger partial charge in [0.25, 0.3) is 0 Å². The van der Waals surface area contributed by atoms with Crippen molar-refractivity contribution >= 4 is 5.91 Å². The number of rotatable bonds is 5. The molecule has 2 aromatic rings. The van der Waals surface area contributed by atoms with Crippen LogP contribution < -0.4 is 4.74 Å². The van der Waals surface area contributed by atoms with Crippen LogP contribution in [0, 0.1) is 0 Å². The standard InChI is InChI=1S/C21H27N3O3/c1-26-17-6-4-5-16(13-17)18(14-21(25)23-9-11-27-12-10-23)19-15-22-20-7-2-3-8-24(19)20/h4-6,13,15,18H,2-3,7-12,14H2,1H3/t18-/m1/s1. The smallest absolute Gasteiger partial charge is 0.223 e. The first-order chi connectivity index (χ1) is 13.3. The number of hydrogen-bond acceptors (Lipinski definition) is 4. The van der Waals surface area contributed by atoms with E-state index in [0.29, 0.717) is 32.7 Å². The predicted octanol–water partition coefficient (Wildman–Crippen LogP) is 2.61. The number of morpholine rings is 1. The fourth-order valence-corrected chi connectivity index (χ4v) is 4.09. The van der Waals surface area contributed by atoms with Crippen LogP contribution in [0.3, 0.4) is 0 Å². The van der Waals surface area contributed by atoms with E-state index in [1.807, 2.05) is 29.3 Å². The Labute approximate surface area is 160 Å². The van der Waals surface area contributed by atoms with Gasteiger partial charge in [0.1, 0.15) is 11.6 Å². The molecular weight excluding hydrogens is 342 g/mol. The van der Waals surface area contributed by atoms with Crippen molar-refractivity contribution in [2.45, 2.75) is 38.1 Å². The average molecular weight is 369 g/mol. The van der Waals surface area contributed by atoms with Crippen molar-refractivity contribution in [2.75, 3.05) is 33.4 Å². The summed E-state index contributed by atoms with van der Waals surface area (Å²) in [7, 11) is 1.67. The molecule has 0 aliphatic carbocycles. The Hall–Kier alpha value is -2.34. The van der Waals surface area contributed by atoms with Crippen LogP contribution in [0.5, 0.6) is 5.75 Å². The lowest BCUT2D eigenvalue weighted by molar-refractivity contribution is -0.135. The largest absolute Gasteiger partial charge is 0.497 e. The van der Waals surface area contributed by atoms with Crippen LogP contribution in [0.25, 0.3) is 0 Å². The Kier molecular flexibility index (Phi) is 5.43. The van der Waals surface area contributed by atoms with Crippen molar-refractivity contribution in [3.63, 3.8) is 0 Å². The predicted molar refractivity (Wildman–Crippen MR) is 102 cm³/mol. The molecule has 27 heavy (non-hydrogen) atoms. The third-order valence-electron chi connectivity index (χ3n) is 5.60. The minimum absolute atomic E-state index is 0.0187. The molecule has 2 aliphatic rings. The molecule has 1 fully saturated rings. The van der Waals surface area contributed by atoms with Gasteiger partial charge in [0.2, 0.25) is 5.91 Å². The molecule has 0 unspecified atom stereocenters. The maximum atomic E-state index is 13.0. The maximum Gasteiger partial charge on any atom is 0.223 e. The number of nitrogens with zero attached hydrogens (tertiary/aromatic N) is 3. The van der Waals surface area contributed by atoms with Gasteiger partial charge < -0.3 is 18.9 Å². The number of carbonyl (C=O) groups excluding carboxylic acids is 1. The lowest BCUT2D eigenvalue weighted by Crippen LogP contribution is -2.41. The Morgan fingerprint density at radius 2 is 2.11 bits per heavy atom. The van der Waals surface area contributed by atoms with Gasteiger partial charge in [-0.3, -0.25) is 4.79 Å². The summed E-state index contributed by atoms with van der Waals surface area (Å²) in [6, 6.07) is 8.06. The number of aryl methyl sites for hydroxylation is 1. The number of hydrogen-bond donors (Lipinski definition) is 0. The minimum atomic E-state index is -0.0187. The van der Waals surface area contributed by atoms with Gasteiger partial charge in [0, 0.05) is 50.3 Å². The van der Waals surface area contributed by atoms with Crippen LogP contribution in [0.15, 0.2) is 30.5 Å². The Morgan fingerprint density at radius 1 is 1.26 bits per heavy atom. The van der Waals surface area contributed by atoms with Gasteiger partial charge in [0.05, 0.1) is 20.3 Å². The molecule has 0 bridgehead atoms. The third kappa shape index (κ3) is 3.86. The number of carbonyl (C=O) groups is 1. The molecule has 4 rings (SSSR count). The van der Waals surface area contributed by atoms with E-state index in [9.17, 15) is 4.79 Å². The first kappa shape index (κ1) is 18.0. The van der Waals surface area contributed by atoms with E-state index >= 15 is 0 Å². The molecule has 0 radical (unpaired) electrons. The van der Waals surface area contributed by atoms with Gasteiger partial charge >= 0.3 is 0 Å². The van der Waals surface area contributed by atoms with Crippen LogP contribution in [0.4, 0.5) is 0 Å². The molecular formula is C21H27N3O3. The number of methoxy groups -OCH3 is 1. The zero-order valence-electron chi connectivity index (χ0n) is 15.9. The lowest BCUT2D eigenvalue weighted by atomic mass is 9.91. The van der Waals surface area contributed by atoms with Gasteiger partial charge in [-0.05, 0) is 30.5 Å². The van der Waals surface area contributed by atoms with Gasteiger partial charge in [-0.15, -0.1) is 0 Å². The SMILES string of the molecule is COc1cccc([C@@H](CC(=O)N2CCOCC2)c2cnc3n2CCCC3)c1. The van der Waals surface area contributed by atoms with Gasteiger partial charge in [-0.25, -0.2) is 4.98 Å². The molecule has 1 atom stereocenters. The summed E-state index contributed by atoms with van der Waals surface area (Å²) in [5, 5.41) is 0. The van der Waals surface area contributed by atoms with E-state index < -0.39 is 0 Å². The second-order valence-corrected chi connectivity index (χ2v) is 7.23. The number of benzene rings is 1. The first-order valence-electron chi connectivity index (χ1n) is 9.80. The number of amides is 1. The highest BCUT2D eigenvalue weighted by Gasteiger charge is 2.27. The minimum Gasteiger partial charge on any atom is -0.497 e. The molecule has 0 spiro atoms. The number of imidazole rings is 1. The summed E-state index contributed by atoms with van der Waals surface area (Å²) in [4.78, 5) is 19.6. The maximum absolute atomic E-state index is 13.0. The summed E-state index contributed by atoms with van der Waals surface area (Å²) < 4.78 is 13.1. The summed E-state index contributed by atoms with van der Waals surface area (Å²) in [5.41, 5.74) is 2.24. The normalized spacial score (nSPS) is 18.0. The Morgan fingerprint density at radius 3 is 2.93 bits per heavy atom. The van der Waals surface area contributed by atoms with Crippen LogP contribution >= 0.6 is 0 Å². The summed E-state index contributed by atoms with van der Waals surface area (Å²) >= 11 is 0. The van der Waals surface area contributed by atoms with Crippen molar-refractivity contribution < 1.29 is 14.3 Å². The Balaban J connectivity index is 1.66. The monoisotopic (exact) mass is 369 g/mol. The highest BCUT2D eigenvalue weighted by molar-refractivity contribution is 5.77. The number of aromatic nitrogens is 2. The zero-order chi connectivity index (χ0) is 18.6. The third-order valence-corrected chi connectivity index (χ3v) is 5.60. The molecule has 3 heterocycles. The van der Waals surface area contributed by atoms with E-state index in [4.69, 9.17) is 9.47 Å². The molecule has 6 heteroatoms. The second kappa shape index (κ2) is 8.13. The number of ether oxygens (including phenoxy) is 2. The van der Waals surface area contributed by atoms with Crippen LogP contribution in [-0.2, 0) is 22.5 Å². The van der Waals surface area contributed by atoms with E-state index in [-0.39, 0.29) is 11.8 Å². The van der Waals surface area contributed by atoms with Crippen LogP contribution in [0.2, 0.25) is 0 Å². The van der Waals surface area contributed by atoms with Crippen molar-refractivity contribution in [3.05, 3.63) is 47.5 Å². The molecule has 0 N–H and O–H groups in total. The zero-order valence-corrected chi connectivity index (χ0v) is 15.9. The van der Waals surface area contributed by atoms with Gasteiger partial charge in [-0.1, -0.05) is 12.1 Å². The molecule has 1 aromatic heterocycles. The van der Waals surface area contributed by atoms with Crippen LogP contribution in [0.1, 0.15) is 42.3 Å². The van der Waals surface area contributed by atoms with E-state index in [2.05, 4.69) is 15.6 Å². The topological polar surface area (TPSA) is 56.6 Å². The molecule has 1 aromatic carbocycles. The van der Waals surface area contributed by atoms with Crippen LogP contribution in [-0.4, -0.2) is 53.8 Å². The Bertz CT molecular complexity index is 796.